The van der Waals surface area contributed by atoms with Gasteiger partial charge < -0.3 is 19.5 Å². The molecule has 0 unspecified atom stereocenters. The van der Waals surface area contributed by atoms with Crippen LogP contribution >= 0.6 is 11.6 Å². The molecule has 1 heterocycles. The number of ether oxygens (including phenoxy) is 3. The van der Waals surface area contributed by atoms with Crippen LogP contribution in [0.2, 0.25) is 5.02 Å². The highest BCUT2D eigenvalue weighted by Gasteiger charge is 2.20. The van der Waals surface area contributed by atoms with Gasteiger partial charge in [-0.1, -0.05) is 30.9 Å². The monoisotopic (exact) mass is 339 g/mol. The number of rotatable bonds is 6. The van der Waals surface area contributed by atoms with E-state index in [1.807, 2.05) is 0 Å². The average molecular weight is 340 g/mol. The number of benzene rings is 1. The van der Waals surface area contributed by atoms with Crippen molar-refractivity contribution in [3.63, 3.8) is 0 Å². The van der Waals surface area contributed by atoms with E-state index >= 15 is 0 Å². The highest BCUT2D eigenvalue weighted by molar-refractivity contribution is 6.32. The molecule has 2 aliphatic rings. The van der Waals surface area contributed by atoms with Crippen molar-refractivity contribution in [1.82, 2.24) is 5.32 Å². The Balaban J connectivity index is 1.40. The third-order valence-corrected chi connectivity index (χ3v) is 4.48. The van der Waals surface area contributed by atoms with Gasteiger partial charge in [0.2, 0.25) is 6.79 Å². The van der Waals surface area contributed by atoms with Gasteiger partial charge in [-0.15, -0.1) is 0 Å². The molecule has 23 heavy (non-hydrogen) atoms. The Morgan fingerprint density at radius 3 is 2.91 bits per heavy atom. The number of fused-ring (bicyclic) bond motifs is 1. The summed E-state index contributed by atoms with van der Waals surface area (Å²) in [6.07, 6.45) is 7.42. The SMILES string of the molecule is O=C(NCCCOC1CCCCC1)c1cc(Cl)c2c(c1)OCO2. The summed E-state index contributed by atoms with van der Waals surface area (Å²) in [6, 6.07) is 3.25. The van der Waals surface area contributed by atoms with Crippen LogP contribution in [0.4, 0.5) is 0 Å². The summed E-state index contributed by atoms with van der Waals surface area (Å²) in [5, 5.41) is 3.28. The first-order valence-electron chi connectivity index (χ1n) is 8.23. The molecule has 1 amide bonds. The number of carbonyl (C=O) groups is 1. The second-order valence-corrected chi connectivity index (χ2v) is 6.34. The van der Waals surface area contributed by atoms with E-state index in [1.165, 1.54) is 32.1 Å². The Hall–Kier alpha value is -1.46. The summed E-state index contributed by atoms with van der Waals surface area (Å²) in [6.45, 7) is 1.41. The van der Waals surface area contributed by atoms with Crippen molar-refractivity contribution in [3.8, 4) is 11.5 Å². The molecule has 1 aliphatic heterocycles. The van der Waals surface area contributed by atoms with Gasteiger partial charge in [-0.25, -0.2) is 0 Å². The quantitative estimate of drug-likeness (QED) is 0.805. The predicted molar refractivity (Wildman–Crippen MR) is 87.4 cm³/mol. The maximum atomic E-state index is 12.2. The lowest BCUT2D eigenvalue weighted by molar-refractivity contribution is 0.0273. The Kier molecular flexibility index (Phi) is 5.62. The molecule has 0 saturated heterocycles. The van der Waals surface area contributed by atoms with Crippen LogP contribution in [0.15, 0.2) is 12.1 Å². The maximum absolute atomic E-state index is 12.2. The van der Waals surface area contributed by atoms with E-state index in [0.29, 0.717) is 41.3 Å². The van der Waals surface area contributed by atoms with Crippen molar-refractivity contribution in [3.05, 3.63) is 22.7 Å². The summed E-state index contributed by atoms with van der Waals surface area (Å²) in [5.41, 5.74) is 0.479. The second kappa shape index (κ2) is 7.88. The first-order chi connectivity index (χ1) is 11.2. The third-order valence-electron chi connectivity index (χ3n) is 4.20. The number of carbonyl (C=O) groups excluding carboxylic acids is 1. The third kappa shape index (κ3) is 4.30. The molecule has 126 valence electrons. The van der Waals surface area contributed by atoms with Crippen LogP contribution in [0.3, 0.4) is 0 Å². The highest BCUT2D eigenvalue weighted by Crippen LogP contribution is 2.39. The Bertz CT molecular complexity index is 558. The average Bonchev–Trinajstić information content (AvgIpc) is 3.04. The van der Waals surface area contributed by atoms with Gasteiger partial charge in [0.25, 0.3) is 5.91 Å². The van der Waals surface area contributed by atoms with E-state index in [1.54, 1.807) is 12.1 Å². The van der Waals surface area contributed by atoms with Crippen LogP contribution in [-0.2, 0) is 4.74 Å². The number of amides is 1. The van der Waals surface area contributed by atoms with E-state index in [4.69, 9.17) is 25.8 Å². The minimum Gasteiger partial charge on any atom is -0.454 e. The fraction of sp³-hybridized carbons (Fsp3) is 0.588. The zero-order valence-corrected chi connectivity index (χ0v) is 13.9. The van der Waals surface area contributed by atoms with Crippen molar-refractivity contribution in [2.75, 3.05) is 19.9 Å². The second-order valence-electron chi connectivity index (χ2n) is 5.93. The zero-order chi connectivity index (χ0) is 16.1. The van der Waals surface area contributed by atoms with Crippen molar-refractivity contribution in [2.24, 2.45) is 0 Å². The first-order valence-corrected chi connectivity index (χ1v) is 8.61. The molecule has 0 spiro atoms. The predicted octanol–water partition coefficient (Wildman–Crippen LogP) is 3.54. The lowest BCUT2D eigenvalue weighted by Gasteiger charge is -2.21. The van der Waals surface area contributed by atoms with E-state index in [-0.39, 0.29) is 12.7 Å². The number of hydrogen-bond acceptors (Lipinski definition) is 4. The van der Waals surface area contributed by atoms with E-state index < -0.39 is 0 Å². The summed E-state index contributed by atoms with van der Waals surface area (Å²) < 4.78 is 16.3. The van der Waals surface area contributed by atoms with E-state index in [2.05, 4.69) is 5.32 Å². The summed E-state index contributed by atoms with van der Waals surface area (Å²) in [4.78, 5) is 12.2. The molecule has 1 aromatic rings. The number of nitrogens with one attached hydrogen (secondary N) is 1. The van der Waals surface area contributed by atoms with Crippen LogP contribution in [0, 0.1) is 0 Å². The molecule has 0 bridgehead atoms. The number of halogens is 1. The van der Waals surface area contributed by atoms with Gasteiger partial charge in [-0.2, -0.15) is 0 Å². The summed E-state index contributed by atoms with van der Waals surface area (Å²) >= 11 is 6.08. The van der Waals surface area contributed by atoms with Gasteiger partial charge in [0.05, 0.1) is 11.1 Å². The molecule has 1 aliphatic carbocycles. The lowest BCUT2D eigenvalue weighted by atomic mass is 9.98. The van der Waals surface area contributed by atoms with Gasteiger partial charge in [0.1, 0.15) is 0 Å². The molecule has 6 heteroatoms. The van der Waals surface area contributed by atoms with Crippen molar-refractivity contribution < 1.29 is 19.0 Å². The standard InChI is InChI=1S/C17H22ClNO4/c18-14-9-12(10-15-16(14)23-11-22-15)17(20)19-7-4-8-21-13-5-2-1-3-6-13/h9-10,13H,1-8,11H2,(H,19,20). The molecule has 0 radical (unpaired) electrons. The summed E-state index contributed by atoms with van der Waals surface area (Å²) in [5.74, 6) is 0.857. The Labute approximate surface area is 141 Å². The summed E-state index contributed by atoms with van der Waals surface area (Å²) in [7, 11) is 0. The molecular weight excluding hydrogens is 318 g/mol. The van der Waals surface area contributed by atoms with Gasteiger partial charge in [0, 0.05) is 18.7 Å². The molecule has 1 saturated carbocycles. The zero-order valence-electron chi connectivity index (χ0n) is 13.1. The number of hydrogen-bond donors (Lipinski definition) is 1. The molecule has 1 aromatic carbocycles. The lowest BCUT2D eigenvalue weighted by Crippen LogP contribution is -2.26. The van der Waals surface area contributed by atoms with Crippen molar-refractivity contribution in [2.45, 2.75) is 44.6 Å². The molecule has 1 N–H and O–H groups in total. The Morgan fingerprint density at radius 1 is 1.26 bits per heavy atom. The van der Waals surface area contributed by atoms with Crippen LogP contribution in [-0.4, -0.2) is 32.0 Å². The molecule has 0 atom stereocenters. The van der Waals surface area contributed by atoms with Crippen LogP contribution in [0.25, 0.3) is 0 Å². The molecule has 1 fully saturated rings. The van der Waals surface area contributed by atoms with E-state index in [0.717, 1.165) is 6.42 Å². The first kappa shape index (κ1) is 16.4. The van der Waals surface area contributed by atoms with Gasteiger partial charge >= 0.3 is 0 Å². The fourth-order valence-electron chi connectivity index (χ4n) is 2.96. The minimum absolute atomic E-state index is 0.138. The van der Waals surface area contributed by atoms with Crippen molar-refractivity contribution >= 4 is 17.5 Å². The van der Waals surface area contributed by atoms with E-state index in [9.17, 15) is 4.79 Å². The normalized spacial score (nSPS) is 17.3. The van der Waals surface area contributed by atoms with Crippen LogP contribution in [0.5, 0.6) is 11.5 Å². The highest BCUT2D eigenvalue weighted by atomic mass is 35.5. The fourth-order valence-corrected chi connectivity index (χ4v) is 3.22. The minimum atomic E-state index is -0.164. The van der Waals surface area contributed by atoms with Crippen molar-refractivity contribution in [1.29, 1.82) is 0 Å². The van der Waals surface area contributed by atoms with Gasteiger partial charge in [-0.05, 0) is 31.4 Å². The largest absolute Gasteiger partial charge is 0.454 e. The Morgan fingerprint density at radius 2 is 2.09 bits per heavy atom. The van der Waals surface area contributed by atoms with Crippen LogP contribution < -0.4 is 14.8 Å². The topological polar surface area (TPSA) is 56.8 Å². The smallest absolute Gasteiger partial charge is 0.251 e. The molecular formula is C17H22ClNO4. The van der Waals surface area contributed by atoms with Gasteiger partial charge in [0.15, 0.2) is 11.5 Å². The molecule has 3 rings (SSSR count). The van der Waals surface area contributed by atoms with Crippen LogP contribution in [0.1, 0.15) is 48.9 Å². The van der Waals surface area contributed by atoms with Gasteiger partial charge in [-0.3, -0.25) is 4.79 Å². The molecule has 5 nitrogen and oxygen atoms in total. The molecule has 0 aromatic heterocycles. The maximum Gasteiger partial charge on any atom is 0.251 e.